The van der Waals surface area contributed by atoms with Gasteiger partial charge in [0.2, 0.25) is 5.91 Å². The highest BCUT2D eigenvalue weighted by atomic mass is 16.5. The molecule has 0 radical (unpaired) electrons. The van der Waals surface area contributed by atoms with Crippen LogP contribution < -0.4 is 15.4 Å². The maximum atomic E-state index is 11.4. The van der Waals surface area contributed by atoms with Crippen LogP contribution in [-0.2, 0) is 11.3 Å². The third-order valence-electron chi connectivity index (χ3n) is 2.84. The summed E-state index contributed by atoms with van der Waals surface area (Å²) in [6.45, 7) is 1.29. The summed E-state index contributed by atoms with van der Waals surface area (Å²) in [5.74, 6) is 0.901. The van der Waals surface area contributed by atoms with E-state index in [-0.39, 0.29) is 5.91 Å². The maximum absolute atomic E-state index is 11.4. The number of hydrogen-bond acceptors (Lipinski definition) is 3. The highest BCUT2D eigenvalue weighted by Gasteiger charge is 2.22. The van der Waals surface area contributed by atoms with E-state index in [0.717, 1.165) is 25.1 Å². The molecule has 1 amide bonds. The predicted molar refractivity (Wildman–Crippen MR) is 70.5 cm³/mol. The molecule has 0 bridgehead atoms. The van der Waals surface area contributed by atoms with Crippen molar-refractivity contribution in [1.82, 2.24) is 10.6 Å². The summed E-state index contributed by atoms with van der Waals surface area (Å²) in [7, 11) is 1.92. The van der Waals surface area contributed by atoms with Crippen LogP contribution in [0.25, 0.3) is 0 Å². The fourth-order valence-electron chi connectivity index (χ4n) is 1.70. The molecule has 1 aliphatic rings. The van der Waals surface area contributed by atoms with Gasteiger partial charge in [-0.15, -0.1) is 0 Å². The van der Waals surface area contributed by atoms with Crippen LogP contribution in [0.5, 0.6) is 5.75 Å². The van der Waals surface area contributed by atoms with Crippen molar-refractivity contribution in [2.45, 2.75) is 31.8 Å². The van der Waals surface area contributed by atoms with Gasteiger partial charge in [0.25, 0.3) is 0 Å². The van der Waals surface area contributed by atoms with E-state index in [1.165, 1.54) is 5.56 Å². The molecule has 1 aromatic carbocycles. The first-order valence-electron chi connectivity index (χ1n) is 6.43. The van der Waals surface area contributed by atoms with E-state index in [1.807, 2.05) is 31.3 Å². The summed E-state index contributed by atoms with van der Waals surface area (Å²) in [6.07, 6.45) is 2.67. The van der Waals surface area contributed by atoms with Gasteiger partial charge in [0, 0.05) is 12.6 Å². The van der Waals surface area contributed by atoms with Gasteiger partial charge in [-0.05, 0) is 37.6 Å². The fourth-order valence-corrected chi connectivity index (χ4v) is 1.70. The van der Waals surface area contributed by atoms with Gasteiger partial charge in [0.15, 0.2) is 0 Å². The lowest BCUT2D eigenvalue weighted by Gasteiger charge is -2.07. The van der Waals surface area contributed by atoms with Crippen LogP contribution in [0.15, 0.2) is 24.3 Å². The van der Waals surface area contributed by atoms with Crippen molar-refractivity contribution in [3.8, 4) is 5.75 Å². The zero-order valence-corrected chi connectivity index (χ0v) is 10.7. The van der Waals surface area contributed by atoms with E-state index in [4.69, 9.17) is 4.74 Å². The van der Waals surface area contributed by atoms with Crippen LogP contribution in [0.4, 0.5) is 0 Å². The second-order valence-corrected chi connectivity index (χ2v) is 4.61. The number of carbonyl (C=O) groups is 1. The molecule has 0 heterocycles. The van der Waals surface area contributed by atoms with Crippen LogP contribution in [-0.4, -0.2) is 25.6 Å². The van der Waals surface area contributed by atoms with Crippen LogP contribution in [0.3, 0.4) is 0 Å². The average molecular weight is 248 g/mol. The lowest BCUT2D eigenvalue weighted by Crippen LogP contribution is -2.26. The molecule has 4 heteroatoms. The molecule has 2 rings (SSSR count). The van der Waals surface area contributed by atoms with Gasteiger partial charge in [0.1, 0.15) is 5.75 Å². The third-order valence-corrected chi connectivity index (χ3v) is 2.84. The highest BCUT2D eigenvalue weighted by Crippen LogP contribution is 2.18. The quantitative estimate of drug-likeness (QED) is 0.768. The molecule has 0 aliphatic heterocycles. The number of carbonyl (C=O) groups excluding carboxylic acids is 1. The Balaban J connectivity index is 1.67. The predicted octanol–water partition coefficient (Wildman–Crippen LogP) is 1.45. The van der Waals surface area contributed by atoms with Crippen LogP contribution in [0.1, 0.15) is 24.8 Å². The van der Waals surface area contributed by atoms with Gasteiger partial charge in [-0.25, -0.2) is 0 Å². The minimum Gasteiger partial charge on any atom is -0.493 e. The molecule has 1 fully saturated rings. The van der Waals surface area contributed by atoms with E-state index in [0.29, 0.717) is 19.1 Å². The number of amides is 1. The molecule has 1 saturated carbocycles. The van der Waals surface area contributed by atoms with Crippen LogP contribution in [0, 0.1) is 0 Å². The zero-order chi connectivity index (χ0) is 12.8. The van der Waals surface area contributed by atoms with Gasteiger partial charge in [-0.2, -0.15) is 0 Å². The standard InChI is InChI=1S/C14H20N2O2/c1-15-10-11-2-6-13(7-3-11)18-9-8-14(17)16-12-4-5-12/h2-3,6-7,12,15H,4-5,8-10H2,1H3,(H,16,17). The SMILES string of the molecule is CNCc1ccc(OCCC(=O)NC2CC2)cc1. The van der Waals surface area contributed by atoms with E-state index < -0.39 is 0 Å². The number of nitrogens with one attached hydrogen (secondary N) is 2. The number of hydrogen-bond donors (Lipinski definition) is 2. The molecule has 1 aliphatic carbocycles. The van der Waals surface area contributed by atoms with Crippen LogP contribution in [0.2, 0.25) is 0 Å². The van der Waals surface area contributed by atoms with Gasteiger partial charge in [-0.3, -0.25) is 4.79 Å². The Hall–Kier alpha value is -1.55. The lowest BCUT2D eigenvalue weighted by atomic mass is 10.2. The topological polar surface area (TPSA) is 50.4 Å². The zero-order valence-electron chi connectivity index (χ0n) is 10.7. The second-order valence-electron chi connectivity index (χ2n) is 4.61. The fraction of sp³-hybridized carbons (Fsp3) is 0.500. The number of benzene rings is 1. The molecule has 18 heavy (non-hydrogen) atoms. The molecule has 0 spiro atoms. The number of rotatable bonds is 7. The van der Waals surface area contributed by atoms with E-state index in [1.54, 1.807) is 0 Å². The average Bonchev–Trinajstić information content (AvgIpc) is 3.16. The van der Waals surface area contributed by atoms with E-state index >= 15 is 0 Å². The first-order chi connectivity index (χ1) is 8.78. The van der Waals surface area contributed by atoms with E-state index in [2.05, 4.69) is 10.6 Å². The minimum atomic E-state index is 0.0873. The Morgan fingerprint density at radius 2 is 2.06 bits per heavy atom. The van der Waals surface area contributed by atoms with Gasteiger partial charge < -0.3 is 15.4 Å². The molecule has 0 saturated heterocycles. The Labute approximate surface area is 108 Å². The molecule has 98 valence electrons. The van der Waals surface area contributed by atoms with Crippen molar-refractivity contribution in [1.29, 1.82) is 0 Å². The van der Waals surface area contributed by atoms with Crippen molar-refractivity contribution in [3.63, 3.8) is 0 Å². The largest absolute Gasteiger partial charge is 0.493 e. The maximum Gasteiger partial charge on any atom is 0.223 e. The normalized spacial score (nSPS) is 14.3. The smallest absolute Gasteiger partial charge is 0.223 e. The molecule has 4 nitrogen and oxygen atoms in total. The van der Waals surface area contributed by atoms with Gasteiger partial charge in [-0.1, -0.05) is 12.1 Å². The van der Waals surface area contributed by atoms with Gasteiger partial charge in [0.05, 0.1) is 13.0 Å². The van der Waals surface area contributed by atoms with Crippen LogP contribution >= 0.6 is 0 Å². The number of ether oxygens (including phenoxy) is 1. The molecule has 0 atom stereocenters. The summed E-state index contributed by atoms with van der Waals surface area (Å²) in [5.41, 5.74) is 1.22. The monoisotopic (exact) mass is 248 g/mol. The second kappa shape index (κ2) is 6.40. The Kier molecular flexibility index (Phi) is 4.59. The third kappa shape index (κ3) is 4.37. The Morgan fingerprint density at radius 3 is 2.67 bits per heavy atom. The minimum absolute atomic E-state index is 0.0873. The van der Waals surface area contributed by atoms with Gasteiger partial charge >= 0.3 is 0 Å². The van der Waals surface area contributed by atoms with Crippen molar-refractivity contribution >= 4 is 5.91 Å². The molecule has 0 unspecified atom stereocenters. The first kappa shape index (κ1) is 12.9. The Bertz CT molecular complexity index is 385. The molecule has 2 N–H and O–H groups in total. The van der Waals surface area contributed by atoms with E-state index in [9.17, 15) is 4.79 Å². The molecule has 0 aromatic heterocycles. The van der Waals surface area contributed by atoms with Crippen molar-refractivity contribution in [2.75, 3.05) is 13.7 Å². The highest BCUT2D eigenvalue weighted by molar-refractivity contribution is 5.76. The Morgan fingerprint density at radius 1 is 1.33 bits per heavy atom. The lowest BCUT2D eigenvalue weighted by molar-refractivity contribution is -0.121. The van der Waals surface area contributed by atoms with Crippen molar-refractivity contribution in [2.24, 2.45) is 0 Å². The van der Waals surface area contributed by atoms with Crippen molar-refractivity contribution in [3.05, 3.63) is 29.8 Å². The summed E-state index contributed by atoms with van der Waals surface area (Å²) < 4.78 is 5.53. The summed E-state index contributed by atoms with van der Waals surface area (Å²) in [4.78, 5) is 11.4. The summed E-state index contributed by atoms with van der Waals surface area (Å²) in [6, 6.07) is 8.35. The summed E-state index contributed by atoms with van der Waals surface area (Å²) >= 11 is 0. The van der Waals surface area contributed by atoms with Crippen molar-refractivity contribution < 1.29 is 9.53 Å². The molecular weight excluding hydrogens is 228 g/mol. The molecular formula is C14H20N2O2. The molecule has 1 aromatic rings. The summed E-state index contributed by atoms with van der Waals surface area (Å²) in [5, 5.41) is 6.03. The first-order valence-corrected chi connectivity index (χ1v) is 6.43.